The van der Waals surface area contributed by atoms with E-state index < -0.39 is 11.6 Å². The van der Waals surface area contributed by atoms with Crippen LogP contribution in [0.15, 0.2) is 18.2 Å². The first-order valence-electron chi connectivity index (χ1n) is 9.57. The Labute approximate surface area is 178 Å². The van der Waals surface area contributed by atoms with Crippen molar-refractivity contribution in [2.45, 2.75) is 19.3 Å². The van der Waals surface area contributed by atoms with E-state index in [-0.39, 0.29) is 64.2 Å². The number of ether oxygens (including phenoxy) is 2. The molecule has 0 bridgehead atoms. The van der Waals surface area contributed by atoms with Crippen molar-refractivity contribution in [2.24, 2.45) is 5.92 Å². The van der Waals surface area contributed by atoms with Gasteiger partial charge in [0, 0.05) is 29.7 Å². The van der Waals surface area contributed by atoms with Crippen LogP contribution in [-0.2, 0) is 27.2 Å². The number of methoxy groups -OCH3 is 2. The lowest BCUT2D eigenvalue weighted by molar-refractivity contribution is -0.126. The van der Waals surface area contributed by atoms with Crippen LogP contribution in [0.1, 0.15) is 49.4 Å². The van der Waals surface area contributed by atoms with Gasteiger partial charge in [-0.05, 0) is 25.3 Å². The van der Waals surface area contributed by atoms with Gasteiger partial charge in [0.15, 0.2) is 11.6 Å². The third-order valence-electron chi connectivity index (χ3n) is 5.77. The minimum absolute atomic E-state index is 0.0394. The molecule has 0 fully saturated rings. The van der Waals surface area contributed by atoms with E-state index in [9.17, 15) is 24.6 Å². The summed E-state index contributed by atoms with van der Waals surface area (Å²) >= 11 is 0. The minimum Gasteiger partial charge on any atom is -0.507 e. The van der Waals surface area contributed by atoms with Crippen LogP contribution in [0.25, 0.3) is 0 Å². The molecule has 0 heterocycles. The summed E-state index contributed by atoms with van der Waals surface area (Å²) in [7, 11) is 2.83. The number of carbonyl (C=O) groups is 4. The number of fused-ring (bicyclic) bond motifs is 3. The molecule has 0 unspecified atom stereocenters. The Morgan fingerprint density at radius 1 is 1.03 bits per heavy atom. The lowest BCUT2D eigenvalue weighted by Crippen LogP contribution is -2.28. The summed E-state index contributed by atoms with van der Waals surface area (Å²) in [5.41, 5.74) is 0.513. The van der Waals surface area contributed by atoms with E-state index in [1.165, 1.54) is 20.3 Å². The van der Waals surface area contributed by atoms with E-state index in [4.69, 9.17) is 14.3 Å². The van der Waals surface area contributed by atoms with Gasteiger partial charge < -0.3 is 24.5 Å². The van der Waals surface area contributed by atoms with Crippen LogP contribution in [0.3, 0.4) is 0 Å². The molecule has 2 aliphatic rings. The largest absolute Gasteiger partial charge is 0.507 e. The molecule has 0 aliphatic heterocycles. The zero-order chi connectivity index (χ0) is 22.9. The highest BCUT2D eigenvalue weighted by Crippen LogP contribution is 2.47. The minimum atomic E-state index is -0.569. The highest BCUT2D eigenvalue weighted by molar-refractivity contribution is 6.31. The normalized spacial score (nSPS) is 16.4. The van der Waals surface area contributed by atoms with Crippen LogP contribution in [0.4, 0.5) is 0 Å². The number of carbonyl (C=O) groups excluding carboxylic acids is 4. The lowest BCUT2D eigenvalue weighted by Gasteiger charge is -2.29. The summed E-state index contributed by atoms with van der Waals surface area (Å²) in [4.78, 5) is 46.5. The highest BCUT2D eigenvalue weighted by Gasteiger charge is 2.40. The van der Waals surface area contributed by atoms with Crippen molar-refractivity contribution < 1.29 is 38.9 Å². The smallest absolute Gasteiger partial charge is 0.202 e. The zero-order valence-corrected chi connectivity index (χ0v) is 17.2. The second kappa shape index (κ2) is 8.69. The molecule has 0 radical (unpaired) electrons. The first-order valence-corrected chi connectivity index (χ1v) is 9.57. The van der Waals surface area contributed by atoms with Gasteiger partial charge >= 0.3 is 0 Å². The van der Waals surface area contributed by atoms with Crippen molar-refractivity contribution in [3.63, 3.8) is 0 Å². The van der Waals surface area contributed by atoms with E-state index >= 15 is 0 Å². The molecular weight excluding hydrogens is 404 g/mol. The molecule has 162 valence electrons. The van der Waals surface area contributed by atoms with Crippen molar-refractivity contribution in [1.29, 1.82) is 0 Å². The van der Waals surface area contributed by atoms with Crippen molar-refractivity contribution in [3.05, 3.63) is 51.6 Å². The van der Waals surface area contributed by atoms with Gasteiger partial charge in [-0.15, -0.1) is 0 Å². The van der Waals surface area contributed by atoms with Crippen LogP contribution in [0, 0.1) is 5.92 Å². The Morgan fingerprint density at radius 3 is 2.32 bits per heavy atom. The fourth-order valence-electron chi connectivity index (χ4n) is 4.34. The van der Waals surface area contributed by atoms with Crippen molar-refractivity contribution >= 4 is 24.1 Å². The highest BCUT2D eigenvalue weighted by atomic mass is 16.5. The Hall–Kier alpha value is -3.52. The molecule has 0 amide bonds. The van der Waals surface area contributed by atoms with Crippen molar-refractivity contribution in [2.75, 3.05) is 20.8 Å². The maximum absolute atomic E-state index is 13.2. The summed E-state index contributed by atoms with van der Waals surface area (Å²) < 4.78 is 10.1. The Bertz CT molecular complexity index is 1090. The van der Waals surface area contributed by atoms with Gasteiger partial charge in [0.2, 0.25) is 5.78 Å². The summed E-state index contributed by atoms with van der Waals surface area (Å²) in [6.07, 6.45) is 0.946. The Morgan fingerprint density at radius 2 is 1.68 bits per heavy atom. The fraction of sp³-hybridized carbons (Fsp3) is 0.304. The average Bonchev–Trinajstić information content (AvgIpc) is 2.80. The van der Waals surface area contributed by atoms with Gasteiger partial charge in [0.1, 0.15) is 30.6 Å². The molecule has 2 aromatic rings. The molecule has 8 nitrogen and oxygen atoms in total. The van der Waals surface area contributed by atoms with Crippen molar-refractivity contribution in [3.8, 4) is 17.2 Å². The quantitative estimate of drug-likeness (QED) is 0.607. The van der Waals surface area contributed by atoms with Gasteiger partial charge in [-0.25, -0.2) is 0 Å². The first kappa shape index (κ1) is 22.2. The zero-order valence-electron chi connectivity index (χ0n) is 17.2. The Balaban J connectivity index is 0.00000132. The molecule has 1 atom stereocenters. The average molecular weight is 426 g/mol. The monoisotopic (exact) mass is 426 g/mol. The SMILES string of the molecule is C=O.COCC(=O)[C@H]1CCc2c(O)c3c(c(O)c2C1)C(=O)c1cccc(OC)c1C3=O. The number of Topliss-reactive ketones (excluding diaryl/α,β-unsaturated/α-hetero) is 1. The Kier molecular flexibility index (Phi) is 6.21. The number of phenols is 2. The van der Waals surface area contributed by atoms with Crippen LogP contribution in [0.2, 0.25) is 0 Å². The summed E-state index contributed by atoms with van der Waals surface area (Å²) in [5, 5.41) is 21.8. The number of rotatable bonds is 4. The van der Waals surface area contributed by atoms with Crippen LogP contribution >= 0.6 is 0 Å². The summed E-state index contributed by atoms with van der Waals surface area (Å²) in [5.74, 6) is -2.03. The maximum Gasteiger partial charge on any atom is 0.202 e. The molecule has 0 saturated carbocycles. The third kappa shape index (κ3) is 3.38. The number of ketones is 3. The second-order valence-corrected chi connectivity index (χ2v) is 7.28. The number of phenolic OH excluding ortho intramolecular Hbond substituents is 2. The fourth-order valence-corrected chi connectivity index (χ4v) is 4.34. The van der Waals surface area contributed by atoms with Gasteiger partial charge in [0.05, 0.1) is 23.8 Å². The number of hydrogen-bond donors (Lipinski definition) is 2. The third-order valence-corrected chi connectivity index (χ3v) is 5.77. The molecule has 31 heavy (non-hydrogen) atoms. The molecule has 0 aromatic heterocycles. The molecule has 4 rings (SSSR count). The van der Waals surface area contributed by atoms with E-state index in [0.717, 1.165) is 0 Å². The van der Waals surface area contributed by atoms with Gasteiger partial charge in [-0.3, -0.25) is 14.4 Å². The molecule has 8 heteroatoms. The summed E-state index contributed by atoms with van der Waals surface area (Å²) in [6.45, 7) is 1.96. The molecular formula is C23H22O8. The standard InChI is InChI=1S/C22H20O7.CH2O/c1-28-9-14(23)10-6-7-11-13(8-10)21(26)17-18(19(11)24)22(27)16-12(20(17)25)4-3-5-15(16)29-2;1-2/h3-5,10,24,26H,6-9H2,1-2H3;1H2/t10-;/m0./s1. The number of aromatic hydroxyl groups is 2. The molecule has 2 N–H and O–H groups in total. The first-order chi connectivity index (χ1) is 14.9. The van der Waals surface area contributed by atoms with Gasteiger partial charge in [-0.2, -0.15) is 0 Å². The van der Waals surface area contributed by atoms with E-state index in [1.807, 2.05) is 6.79 Å². The van der Waals surface area contributed by atoms with E-state index in [2.05, 4.69) is 0 Å². The molecule has 2 aliphatic carbocycles. The van der Waals surface area contributed by atoms with Crippen LogP contribution in [0.5, 0.6) is 17.2 Å². The molecule has 0 spiro atoms. The predicted molar refractivity (Wildman–Crippen MR) is 109 cm³/mol. The maximum atomic E-state index is 13.2. The molecule has 0 saturated heterocycles. The molecule has 2 aromatic carbocycles. The summed E-state index contributed by atoms with van der Waals surface area (Å²) in [6, 6.07) is 4.64. The van der Waals surface area contributed by atoms with Crippen molar-refractivity contribution in [1.82, 2.24) is 0 Å². The second-order valence-electron chi connectivity index (χ2n) is 7.28. The number of benzene rings is 2. The van der Waals surface area contributed by atoms with E-state index in [0.29, 0.717) is 24.0 Å². The van der Waals surface area contributed by atoms with Crippen LogP contribution < -0.4 is 4.74 Å². The predicted octanol–water partition coefficient (Wildman–Crippen LogP) is 2.02. The van der Waals surface area contributed by atoms with Crippen LogP contribution in [-0.4, -0.2) is 55.2 Å². The van der Waals surface area contributed by atoms with E-state index in [1.54, 1.807) is 12.1 Å². The topological polar surface area (TPSA) is 127 Å². The van der Waals surface area contributed by atoms with Gasteiger partial charge in [0.25, 0.3) is 0 Å². The van der Waals surface area contributed by atoms with Gasteiger partial charge in [-0.1, -0.05) is 12.1 Å². The lowest BCUT2D eigenvalue weighted by atomic mass is 9.75. The number of hydrogen-bond acceptors (Lipinski definition) is 8.